The Hall–Kier alpha value is -0.860. The Bertz CT molecular complexity index is 245. The maximum atomic E-state index is 3.86. The molecule has 0 spiro atoms. The summed E-state index contributed by atoms with van der Waals surface area (Å²) in [4.78, 5) is 4.86. The highest BCUT2D eigenvalue weighted by Gasteiger charge is 2.13. The topological polar surface area (TPSA) is 6.48 Å². The molecule has 1 aliphatic heterocycles. The van der Waals surface area contributed by atoms with Crippen molar-refractivity contribution in [2.45, 2.75) is 6.92 Å². The molecule has 0 aromatic carbocycles. The summed E-state index contributed by atoms with van der Waals surface area (Å²) in [7, 11) is 2.18. The van der Waals surface area contributed by atoms with E-state index in [1.807, 2.05) is 19.1 Å². The van der Waals surface area contributed by atoms with E-state index in [1.54, 1.807) is 0 Å². The van der Waals surface area contributed by atoms with E-state index in [9.17, 15) is 0 Å². The summed E-state index contributed by atoms with van der Waals surface area (Å²) in [5.74, 6) is 0. The van der Waals surface area contributed by atoms with E-state index >= 15 is 0 Å². The minimum atomic E-state index is 1.03. The summed E-state index contributed by atoms with van der Waals surface area (Å²) >= 11 is 0. The SMILES string of the molecule is C=C/C(=C\C=C/C)CN1CCN(C)CC1. The zero-order chi connectivity index (χ0) is 11.1. The number of allylic oxidation sites excluding steroid dienone is 3. The van der Waals surface area contributed by atoms with Gasteiger partial charge in [-0.25, -0.2) is 0 Å². The van der Waals surface area contributed by atoms with Gasteiger partial charge in [-0.3, -0.25) is 4.90 Å². The van der Waals surface area contributed by atoms with Crippen molar-refractivity contribution in [1.82, 2.24) is 9.80 Å². The average Bonchev–Trinajstić information content (AvgIpc) is 2.27. The van der Waals surface area contributed by atoms with Gasteiger partial charge in [0.25, 0.3) is 0 Å². The average molecular weight is 206 g/mol. The Kier molecular flexibility index (Phi) is 5.37. The number of hydrogen-bond acceptors (Lipinski definition) is 2. The predicted molar refractivity (Wildman–Crippen MR) is 67.0 cm³/mol. The number of piperazine rings is 1. The molecule has 2 heteroatoms. The zero-order valence-corrected chi connectivity index (χ0v) is 9.95. The van der Waals surface area contributed by atoms with Crippen LogP contribution in [-0.4, -0.2) is 49.6 Å². The van der Waals surface area contributed by atoms with Gasteiger partial charge in [0.1, 0.15) is 0 Å². The van der Waals surface area contributed by atoms with Crippen molar-refractivity contribution in [3.05, 3.63) is 36.5 Å². The first kappa shape index (κ1) is 12.2. The quantitative estimate of drug-likeness (QED) is 0.648. The van der Waals surface area contributed by atoms with Gasteiger partial charge in [-0.05, 0) is 19.5 Å². The summed E-state index contributed by atoms with van der Waals surface area (Å²) in [6, 6.07) is 0. The Morgan fingerprint density at radius 3 is 2.47 bits per heavy atom. The van der Waals surface area contributed by atoms with Gasteiger partial charge in [0.15, 0.2) is 0 Å². The highest BCUT2D eigenvalue weighted by Crippen LogP contribution is 2.05. The molecule has 0 atom stereocenters. The first-order valence-electron chi connectivity index (χ1n) is 5.61. The van der Waals surface area contributed by atoms with Crippen LogP contribution in [0.25, 0.3) is 0 Å². The molecule has 0 radical (unpaired) electrons. The van der Waals surface area contributed by atoms with Gasteiger partial charge < -0.3 is 4.90 Å². The lowest BCUT2D eigenvalue weighted by Crippen LogP contribution is -2.44. The Balaban J connectivity index is 2.42. The Labute approximate surface area is 93.6 Å². The highest BCUT2D eigenvalue weighted by molar-refractivity contribution is 5.23. The van der Waals surface area contributed by atoms with Crippen LogP contribution < -0.4 is 0 Å². The van der Waals surface area contributed by atoms with Crippen molar-refractivity contribution >= 4 is 0 Å². The molecule has 1 rings (SSSR count). The molecule has 84 valence electrons. The lowest BCUT2D eigenvalue weighted by atomic mass is 10.2. The molecular formula is C13H22N2. The fourth-order valence-electron chi connectivity index (χ4n) is 1.67. The molecule has 1 fully saturated rings. The Morgan fingerprint density at radius 2 is 1.93 bits per heavy atom. The van der Waals surface area contributed by atoms with Crippen molar-refractivity contribution in [3.8, 4) is 0 Å². The summed E-state index contributed by atoms with van der Waals surface area (Å²) in [6.45, 7) is 11.6. The molecule has 0 bridgehead atoms. The zero-order valence-electron chi connectivity index (χ0n) is 9.95. The number of nitrogens with zero attached hydrogens (tertiary/aromatic N) is 2. The van der Waals surface area contributed by atoms with E-state index < -0.39 is 0 Å². The van der Waals surface area contributed by atoms with E-state index in [4.69, 9.17) is 0 Å². The van der Waals surface area contributed by atoms with Crippen molar-refractivity contribution in [2.24, 2.45) is 0 Å². The van der Waals surface area contributed by atoms with E-state index in [2.05, 4.69) is 35.6 Å². The van der Waals surface area contributed by atoms with Gasteiger partial charge >= 0.3 is 0 Å². The second-order valence-electron chi connectivity index (χ2n) is 4.05. The molecule has 1 aliphatic rings. The number of likely N-dealkylation sites (N-methyl/N-ethyl adjacent to an activating group) is 1. The summed E-state index contributed by atoms with van der Waals surface area (Å²) in [5, 5.41) is 0. The van der Waals surface area contributed by atoms with Crippen molar-refractivity contribution in [2.75, 3.05) is 39.8 Å². The molecule has 1 heterocycles. The van der Waals surface area contributed by atoms with Gasteiger partial charge in [-0.1, -0.05) is 30.9 Å². The third kappa shape index (κ3) is 4.45. The predicted octanol–water partition coefficient (Wildman–Crippen LogP) is 1.92. The molecule has 0 unspecified atom stereocenters. The van der Waals surface area contributed by atoms with Crippen LogP contribution >= 0.6 is 0 Å². The third-order valence-corrected chi connectivity index (χ3v) is 2.77. The molecule has 0 aromatic rings. The number of rotatable bonds is 4. The first-order valence-corrected chi connectivity index (χ1v) is 5.61. The molecule has 15 heavy (non-hydrogen) atoms. The minimum absolute atomic E-state index is 1.03. The standard InChI is InChI=1S/C13H22N2/c1-4-6-7-13(5-2)12-15-10-8-14(3)9-11-15/h4-7H,2,8-12H2,1,3H3/b6-4-,13-7+. The van der Waals surface area contributed by atoms with Crippen molar-refractivity contribution in [1.29, 1.82) is 0 Å². The molecule has 0 amide bonds. The summed E-state index contributed by atoms with van der Waals surface area (Å²) in [5.41, 5.74) is 1.30. The largest absolute Gasteiger partial charge is 0.304 e. The molecule has 0 aromatic heterocycles. The lowest BCUT2D eigenvalue weighted by molar-refractivity contribution is 0.165. The normalized spacial score (nSPS) is 21.1. The van der Waals surface area contributed by atoms with Gasteiger partial charge in [-0.2, -0.15) is 0 Å². The minimum Gasteiger partial charge on any atom is -0.304 e. The van der Waals surface area contributed by atoms with Crippen LogP contribution in [-0.2, 0) is 0 Å². The van der Waals surface area contributed by atoms with Crippen LogP contribution in [0.15, 0.2) is 36.5 Å². The van der Waals surface area contributed by atoms with Crippen LogP contribution in [0.5, 0.6) is 0 Å². The van der Waals surface area contributed by atoms with E-state index in [0.29, 0.717) is 0 Å². The first-order chi connectivity index (χ1) is 7.26. The van der Waals surface area contributed by atoms with Crippen LogP contribution in [0, 0.1) is 0 Å². The maximum Gasteiger partial charge on any atom is 0.0234 e. The van der Waals surface area contributed by atoms with Crippen molar-refractivity contribution < 1.29 is 0 Å². The van der Waals surface area contributed by atoms with Crippen molar-refractivity contribution in [3.63, 3.8) is 0 Å². The third-order valence-electron chi connectivity index (χ3n) is 2.77. The van der Waals surface area contributed by atoms with E-state index in [1.165, 1.54) is 18.7 Å². The molecule has 0 N–H and O–H groups in total. The molecular weight excluding hydrogens is 184 g/mol. The van der Waals surface area contributed by atoms with Gasteiger partial charge in [0, 0.05) is 32.7 Å². The molecule has 0 aliphatic carbocycles. The van der Waals surface area contributed by atoms with Gasteiger partial charge in [0.2, 0.25) is 0 Å². The van der Waals surface area contributed by atoms with Gasteiger partial charge in [-0.15, -0.1) is 0 Å². The fraction of sp³-hybridized carbons (Fsp3) is 0.538. The summed E-state index contributed by atoms with van der Waals surface area (Å²) < 4.78 is 0. The highest BCUT2D eigenvalue weighted by atomic mass is 15.2. The second kappa shape index (κ2) is 6.59. The lowest BCUT2D eigenvalue weighted by Gasteiger charge is -2.32. The molecule has 0 saturated carbocycles. The summed E-state index contributed by atoms with van der Waals surface area (Å²) in [6.07, 6.45) is 8.23. The monoisotopic (exact) mass is 206 g/mol. The smallest absolute Gasteiger partial charge is 0.0234 e. The van der Waals surface area contributed by atoms with E-state index in [0.717, 1.165) is 19.6 Å². The number of hydrogen-bond donors (Lipinski definition) is 0. The van der Waals surface area contributed by atoms with Gasteiger partial charge in [0.05, 0.1) is 0 Å². The van der Waals surface area contributed by atoms with Crippen LogP contribution in [0.1, 0.15) is 6.92 Å². The van der Waals surface area contributed by atoms with E-state index in [-0.39, 0.29) is 0 Å². The molecule has 2 nitrogen and oxygen atoms in total. The van der Waals surface area contributed by atoms with Crippen LogP contribution in [0.2, 0.25) is 0 Å². The van der Waals surface area contributed by atoms with Crippen LogP contribution in [0.3, 0.4) is 0 Å². The maximum absolute atomic E-state index is 3.86. The fourth-order valence-corrected chi connectivity index (χ4v) is 1.67. The van der Waals surface area contributed by atoms with Crippen LogP contribution in [0.4, 0.5) is 0 Å². The molecule has 1 saturated heterocycles. The Morgan fingerprint density at radius 1 is 1.27 bits per heavy atom. The second-order valence-corrected chi connectivity index (χ2v) is 4.05.